The van der Waals surface area contributed by atoms with E-state index in [2.05, 4.69) is 41.5 Å². The van der Waals surface area contributed by atoms with Crippen LogP contribution >= 0.6 is 0 Å². The normalized spacial score (nSPS) is 20.8. The van der Waals surface area contributed by atoms with Gasteiger partial charge in [-0.05, 0) is 51.2 Å². The zero-order valence-corrected chi connectivity index (χ0v) is 14.1. The SMILES string of the molecule is CCCN(CC)CCC1(CNC)CC(=O)Nc2ccccc21. The number of likely N-dealkylation sites (N-methyl/N-ethyl adjacent to an activating group) is 1. The van der Waals surface area contributed by atoms with Crippen molar-refractivity contribution >= 4 is 11.6 Å². The monoisotopic (exact) mass is 303 g/mol. The van der Waals surface area contributed by atoms with Crippen molar-refractivity contribution in [3.8, 4) is 0 Å². The van der Waals surface area contributed by atoms with Gasteiger partial charge in [0.2, 0.25) is 5.91 Å². The topological polar surface area (TPSA) is 44.4 Å². The Kier molecular flexibility index (Phi) is 5.98. The molecule has 0 aromatic heterocycles. The van der Waals surface area contributed by atoms with Crippen LogP contribution in [0.15, 0.2) is 24.3 Å². The highest BCUT2D eigenvalue weighted by atomic mass is 16.1. The van der Waals surface area contributed by atoms with Crippen molar-refractivity contribution in [2.75, 3.05) is 38.5 Å². The summed E-state index contributed by atoms with van der Waals surface area (Å²) >= 11 is 0. The Hall–Kier alpha value is -1.39. The third-order valence-electron chi connectivity index (χ3n) is 4.68. The van der Waals surface area contributed by atoms with Crippen LogP contribution in [0, 0.1) is 0 Å². The molecule has 1 aromatic rings. The molecule has 2 rings (SSSR count). The van der Waals surface area contributed by atoms with Gasteiger partial charge < -0.3 is 15.5 Å². The Morgan fingerprint density at radius 3 is 2.73 bits per heavy atom. The van der Waals surface area contributed by atoms with Crippen molar-refractivity contribution < 1.29 is 4.79 Å². The molecule has 1 aliphatic heterocycles. The third kappa shape index (κ3) is 3.68. The highest BCUT2D eigenvalue weighted by molar-refractivity contribution is 5.95. The molecule has 2 N–H and O–H groups in total. The molecule has 0 saturated carbocycles. The van der Waals surface area contributed by atoms with Crippen molar-refractivity contribution in [2.24, 2.45) is 0 Å². The Labute approximate surface area is 134 Å². The lowest BCUT2D eigenvalue weighted by Crippen LogP contribution is -2.46. The van der Waals surface area contributed by atoms with E-state index < -0.39 is 0 Å². The largest absolute Gasteiger partial charge is 0.326 e. The molecular weight excluding hydrogens is 274 g/mol. The maximum absolute atomic E-state index is 12.2. The Balaban J connectivity index is 2.26. The van der Waals surface area contributed by atoms with E-state index in [1.165, 1.54) is 12.0 Å². The van der Waals surface area contributed by atoms with Gasteiger partial charge in [-0.3, -0.25) is 4.79 Å². The number of benzene rings is 1. The number of carbonyl (C=O) groups is 1. The predicted octanol–water partition coefficient (Wildman–Crippen LogP) is 2.61. The van der Waals surface area contributed by atoms with Gasteiger partial charge in [-0.25, -0.2) is 0 Å². The van der Waals surface area contributed by atoms with Crippen molar-refractivity contribution in [1.82, 2.24) is 10.2 Å². The van der Waals surface area contributed by atoms with Crippen LogP contribution in [0.4, 0.5) is 5.69 Å². The lowest BCUT2D eigenvalue weighted by Gasteiger charge is -2.40. The summed E-state index contributed by atoms with van der Waals surface area (Å²) in [6.07, 6.45) is 2.74. The van der Waals surface area contributed by atoms with Crippen molar-refractivity contribution in [1.29, 1.82) is 0 Å². The summed E-state index contributed by atoms with van der Waals surface area (Å²) in [4.78, 5) is 14.7. The molecule has 4 heteroatoms. The summed E-state index contributed by atoms with van der Waals surface area (Å²) in [6.45, 7) is 8.49. The number of hydrogen-bond donors (Lipinski definition) is 2. The number of fused-ring (bicyclic) bond motifs is 1. The van der Waals surface area contributed by atoms with Gasteiger partial charge in [0, 0.05) is 24.1 Å². The molecule has 0 spiro atoms. The zero-order valence-electron chi connectivity index (χ0n) is 14.1. The Bertz CT molecular complexity index is 503. The van der Waals surface area contributed by atoms with E-state index in [-0.39, 0.29) is 11.3 Å². The highest BCUT2D eigenvalue weighted by Crippen LogP contribution is 2.40. The smallest absolute Gasteiger partial charge is 0.225 e. The summed E-state index contributed by atoms with van der Waals surface area (Å²) in [7, 11) is 1.97. The van der Waals surface area contributed by atoms with Gasteiger partial charge in [-0.1, -0.05) is 32.0 Å². The quantitative estimate of drug-likeness (QED) is 0.776. The average Bonchev–Trinajstić information content (AvgIpc) is 2.51. The molecule has 22 heavy (non-hydrogen) atoms. The molecule has 1 aromatic carbocycles. The molecule has 1 unspecified atom stereocenters. The van der Waals surface area contributed by atoms with Crippen LogP contribution in [0.25, 0.3) is 0 Å². The minimum Gasteiger partial charge on any atom is -0.326 e. The van der Waals surface area contributed by atoms with E-state index in [0.29, 0.717) is 6.42 Å². The second kappa shape index (κ2) is 7.75. The fraction of sp³-hybridized carbons (Fsp3) is 0.611. The number of rotatable bonds is 8. The van der Waals surface area contributed by atoms with E-state index in [9.17, 15) is 4.79 Å². The van der Waals surface area contributed by atoms with Crippen molar-refractivity contribution in [3.63, 3.8) is 0 Å². The van der Waals surface area contributed by atoms with Crippen LogP contribution in [0.1, 0.15) is 38.7 Å². The van der Waals surface area contributed by atoms with E-state index in [1.807, 2.05) is 19.2 Å². The van der Waals surface area contributed by atoms with E-state index in [1.54, 1.807) is 0 Å². The molecule has 0 aliphatic carbocycles. The van der Waals surface area contributed by atoms with E-state index in [4.69, 9.17) is 0 Å². The van der Waals surface area contributed by atoms with Crippen LogP contribution in [0.5, 0.6) is 0 Å². The van der Waals surface area contributed by atoms with Gasteiger partial charge in [0.05, 0.1) is 0 Å². The van der Waals surface area contributed by atoms with Crippen LogP contribution in [-0.4, -0.2) is 44.0 Å². The molecule has 1 atom stereocenters. The van der Waals surface area contributed by atoms with Gasteiger partial charge in [0.15, 0.2) is 0 Å². The molecule has 1 heterocycles. The first-order valence-corrected chi connectivity index (χ1v) is 8.41. The number of para-hydroxylation sites is 1. The highest BCUT2D eigenvalue weighted by Gasteiger charge is 2.39. The fourth-order valence-corrected chi connectivity index (χ4v) is 3.58. The maximum atomic E-state index is 12.2. The average molecular weight is 303 g/mol. The lowest BCUT2D eigenvalue weighted by molar-refractivity contribution is -0.118. The molecule has 4 nitrogen and oxygen atoms in total. The van der Waals surface area contributed by atoms with E-state index >= 15 is 0 Å². The molecule has 0 radical (unpaired) electrons. The first-order valence-electron chi connectivity index (χ1n) is 8.41. The van der Waals surface area contributed by atoms with E-state index in [0.717, 1.165) is 38.3 Å². The van der Waals surface area contributed by atoms with Gasteiger partial charge in [0.25, 0.3) is 0 Å². The summed E-state index contributed by atoms with van der Waals surface area (Å²) in [6, 6.07) is 8.25. The second-order valence-electron chi connectivity index (χ2n) is 6.27. The standard InChI is InChI=1S/C18H29N3O/c1-4-11-21(5-2)12-10-18(14-19-3)13-17(22)20-16-9-7-6-8-15(16)18/h6-9,19H,4-5,10-14H2,1-3H3,(H,20,22). The molecule has 0 saturated heterocycles. The summed E-state index contributed by atoms with van der Waals surface area (Å²) in [5, 5.41) is 6.33. The third-order valence-corrected chi connectivity index (χ3v) is 4.68. The maximum Gasteiger partial charge on any atom is 0.225 e. The van der Waals surface area contributed by atoms with Gasteiger partial charge in [-0.15, -0.1) is 0 Å². The number of nitrogens with one attached hydrogen (secondary N) is 2. The Morgan fingerprint density at radius 2 is 2.05 bits per heavy atom. The van der Waals surface area contributed by atoms with Crippen LogP contribution in [0.2, 0.25) is 0 Å². The lowest BCUT2D eigenvalue weighted by atomic mass is 9.71. The first-order chi connectivity index (χ1) is 10.6. The fourth-order valence-electron chi connectivity index (χ4n) is 3.58. The number of carbonyl (C=O) groups excluding carboxylic acids is 1. The second-order valence-corrected chi connectivity index (χ2v) is 6.27. The number of anilines is 1. The van der Waals surface area contributed by atoms with Gasteiger partial charge in [0.1, 0.15) is 0 Å². The summed E-state index contributed by atoms with van der Waals surface area (Å²) in [5.41, 5.74) is 2.15. The molecule has 0 fully saturated rings. The van der Waals surface area contributed by atoms with Crippen LogP contribution in [0.3, 0.4) is 0 Å². The van der Waals surface area contributed by atoms with Crippen LogP contribution in [-0.2, 0) is 10.2 Å². The molecule has 122 valence electrons. The molecule has 1 aliphatic rings. The van der Waals surface area contributed by atoms with Gasteiger partial charge >= 0.3 is 0 Å². The number of amides is 1. The minimum atomic E-state index is -0.102. The van der Waals surface area contributed by atoms with Gasteiger partial charge in [-0.2, -0.15) is 0 Å². The molecule has 0 bridgehead atoms. The first kappa shape index (κ1) is 17.0. The summed E-state index contributed by atoms with van der Waals surface area (Å²) < 4.78 is 0. The summed E-state index contributed by atoms with van der Waals surface area (Å²) in [5.74, 6) is 0.132. The Morgan fingerprint density at radius 1 is 1.27 bits per heavy atom. The predicted molar refractivity (Wildman–Crippen MR) is 92.3 cm³/mol. The molecule has 1 amide bonds. The van der Waals surface area contributed by atoms with Crippen molar-refractivity contribution in [2.45, 2.75) is 38.5 Å². The minimum absolute atomic E-state index is 0.102. The molecular formula is C18H29N3O. The zero-order chi connectivity index (χ0) is 16.0. The van der Waals surface area contributed by atoms with Crippen LogP contribution < -0.4 is 10.6 Å². The number of hydrogen-bond acceptors (Lipinski definition) is 3. The number of nitrogens with zero attached hydrogens (tertiary/aromatic N) is 1. The van der Waals surface area contributed by atoms with Crippen molar-refractivity contribution in [3.05, 3.63) is 29.8 Å².